The molecule has 0 aromatic heterocycles. The molecule has 0 amide bonds. The van der Waals surface area contributed by atoms with Crippen molar-refractivity contribution in [2.75, 3.05) is 7.11 Å². The van der Waals surface area contributed by atoms with Crippen molar-refractivity contribution < 1.29 is 19.1 Å². The molecule has 1 unspecified atom stereocenters. The Bertz CT molecular complexity index is 362. The number of carbonyl (C=O) groups is 2. The first-order valence-corrected chi connectivity index (χ1v) is 4.85. The average molecular weight is 226 g/mol. The quantitative estimate of drug-likeness (QED) is 0.702. The van der Waals surface area contributed by atoms with Gasteiger partial charge in [-0.2, -0.15) is 5.10 Å². The molecule has 0 saturated heterocycles. The summed E-state index contributed by atoms with van der Waals surface area (Å²) in [4.78, 5) is 22.7. The second-order valence-electron chi connectivity index (χ2n) is 3.35. The zero-order chi connectivity index (χ0) is 12.2. The molecule has 0 spiro atoms. The lowest BCUT2D eigenvalue weighted by Gasteiger charge is -2.28. The van der Waals surface area contributed by atoms with Gasteiger partial charge in [-0.25, -0.2) is 4.79 Å². The number of hydrogen-bond donors (Lipinski definition) is 1. The molecule has 0 radical (unpaired) electrons. The van der Waals surface area contributed by atoms with E-state index >= 15 is 0 Å². The first-order valence-electron chi connectivity index (χ1n) is 4.85. The normalized spacial score (nSPS) is 23.1. The van der Waals surface area contributed by atoms with E-state index in [0.29, 0.717) is 0 Å². The monoisotopic (exact) mass is 226 g/mol. The number of rotatable bonds is 3. The van der Waals surface area contributed by atoms with Crippen molar-refractivity contribution in [1.82, 2.24) is 5.43 Å². The van der Waals surface area contributed by atoms with Crippen LogP contribution in [0.2, 0.25) is 0 Å². The lowest BCUT2D eigenvalue weighted by atomic mass is 9.98. The third kappa shape index (κ3) is 2.39. The van der Waals surface area contributed by atoms with Gasteiger partial charge in [0.1, 0.15) is 0 Å². The number of hydrazone groups is 1. The Hall–Kier alpha value is -1.85. The molecule has 1 N–H and O–H groups in total. The van der Waals surface area contributed by atoms with E-state index in [9.17, 15) is 9.59 Å². The van der Waals surface area contributed by atoms with Gasteiger partial charge in [-0.3, -0.25) is 10.2 Å². The second kappa shape index (κ2) is 4.78. The fourth-order valence-electron chi connectivity index (χ4n) is 1.22. The first kappa shape index (κ1) is 12.2. The fraction of sp³-hybridized carbons (Fsp3) is 0.500. The summed E-state index contributed by atoms with van der Waals surface area (Å²) in [5, 5.41) is 3.77. The van der Waals surface area contributed by atoms with E-state index in [1.807, 2.05) is 0 Å². The van der Waals surface area contributed by atoms with Crippen molar-refractivity contribution in [2.45, 2.75) is 25.9 Å². The van der Waals surface area contributed by atoms with Crippen molar-refractivity contribution in [3.05, 3.63) is 12.3 Å². The topological polar surface area (TPSA) is 77.0 Å². The lowest BCUT2D eigenvalue weighted by Crippen LogP contribution is -2.46. The molecule has 6 nitrogen and oxygen atoms in total. The molecule has 0 bridgehead atoms. The van der Waals surface area contributed by atoms with Crippen LogP contribution in [0.4, 0.5) is 0 Å². The molecule has 0 aliphatic carbocycles. The van der Waals surface area contributed by atoms with E-state index in [1.165, 1.54) is 13.3 Å². The predicted molar refractivity (Wildman–Crippen MR) is 56.5 cm³/mol. The molecule has 1 aliphatic heterocycles. The van der Waals surface area contributed by atoms with Gasteiger partial charge in [0.25, 0.3) is 0 Å². The highest BCUT2D eigenvalue weighted by Crippen LogP contribution is 2.19. The number of esters is 2. The molecule has 16 heavy (non-hydrogen) atoms. The van der Waals surface area contributed by atoms with Gasteiger partial charge in [0.2, 0.25) is 0 Å². The summed E-state index contributed by atoms with van der Waals surface area (Å²) in [6.45, 7) is 3.25. The van der Waals surface area contributed by atoms with E-state index in [4.69, 9.17) is 4.74 Å². The maximum absolute atomic E-state index is 11.4. The Balaban J connectivity index is 2.93. The van der Waals surface area contributed by atoms with Gasteiger partial charge >= 0.3 is 11.9 Å². The van der Waals surface area contributed by atoms with E-state index < -0.39 is 17.5 Å². The molecular weight excluding hydrogens is 212 g/mol. The highest BCUT2D eigenvalue weighted by Gasteiger charge is 2.39. The molecule has 1 heterocycles. The maximum Gasteiger partial charge on any atom is 0.358 e. The van der Waals surface area contributed by atoms with Crippen LogP contribution in [0.15, 0.2) is 17.4 Å². The smallest absolute Gasteiger partial charge is 0.358 e. The number of nitrogens with one attached hydrogen (secondary N) is 1. The Morgan fingerprint density at radius 1 is 1.56 bits per heavy atom. The van der Waals surface area contributed by atoms with Crippen molar-refractivity contribution in [3.63, 3.8) is 0 Å². The lowest BCUT2D eigenvalue weighted by molar-refractivity contribution is -0.149. The van der Waals surface area contributed by atoms with Crippen LogP contribution in [0.25, 0.3) is 0 Å². The average Bonchev–Trinajstić information content (AvgIpc) is 2.28. The first-order chi connectivity index (χ1) is 7.53. The summed E-state index contributed by atoms with van der Waals surface area (Å²) in [5.41, 5.74) is 1.35. The van der Waals surface area contributed by atoms with E-state index in [0.717, 1.165) is 0 Å². The minimum Gasteiger partial charge on any atom is -0.464 e. The molecule has 88 valence electrons. The van der Waals surface area contributed by atoms with Gasteiger partial charge in [-0.05, 0) is 13.0 Å². The van der Waals surface area contributed by atoms with Crippen molar-refractivity contribution >= 4 is 17.7 Å². The number of methoxy groups -OCH3 is 1. The SMILES string of the molecule is CCC(=O)OC1(C)C=CNN=C1C(=O)OC. The summed E-state index contributed by atoms with van der Waals surface area (Å²) in [5.74, 6) is -1.05. The van der Waals surface area contributed by atoms with Gasteiger partial charge < -0.3 is 9.47 Å². The minimum absolute atomic E-state index is 0.0132. The van der Waals surface area contributed by atoms with Crippen LogP contribution < -0.4 is 5.43 Å². The van der Waals surface area contributed by atoms with Crippen LogP contribution in [0.5, 0.6) is 0 Å². The third-order valence-corrected chi connectivity index (χ3v) is 2.12. The van der Waals surface area contributed by atoms with Crippen LogP contribution in [0, 0.1) is 0 Å². The van der Waals surface area contributed by atoms with Crippen LogP contribution in [-0.4, -0.2) is 30.4 Å². The van der Waals surface area contributed by atoms with E-state index in [1.54, 1.807) is 19.9 Å². The number of hydrogen-bond acceptors (Lipinski definition) is 6. The van der Waals surface area contributed by atoms with Crippen LogP contribution in [-0.2, 0) is 19.1 Å². The summed E-state index contributed by atoms with van der Waals surface area (Å²) in [7, 11) is 1.24. The maximum atomic E-state index is 11.4. The van der Waals surface area contributed by atoms with Gasteiger partial charge in [0, 0.05) is 12.6 Å². The standard InChI is InChI=1S/C10H14N2O4/c1-4-7(13)16-10(2)5-6-11-12-8(10)9(14)15-3/h5-6,11H,4H2,1-3H3. The predicted octanol–water partition coefficient (Wildman–Crippen LogP) is 0.344. The Kier molecular flexibility index (Phi) is 3.65. The molecule has 1 atom stereocenters. The summed E-state index contributed by atoms with van der Waals surface area (Å²) in [6, 6.07) is 0. The zero-order valence-corrected chi connectivity index (χ0v) is 9.44. The largest absolute Gasteiger partial charge is 0.464 e. The van der Waals surface area contributed by atoms with Crippen LogP contribution in [0.1, 0.15) is 20.3 Å². The highest BCUT2D eigenvalue weighted by molar-refractivity contribution is 6.40. The van der Waals surface area contributed by atoms with Gasteiger partial charge in [0.05, 0.1) is 7.11 Å². The molecule has 1 rings (SSSR count). The Morgan fingerprint density at radius 2 is 2.25 bits per heavy atom. The summed E-state index contributed by atoms with van der Waals surface area (Å²) >= 11 is 0. The van der Waals surface area contributed by atoms with Gasteiger partial charge in [0.15, 0.2) is 11.3 Å². The highest BCUT2D eigenvalue weighted by atomic mass is 16.6. The zero-order valence-electron chi connectivity index (χ0n) is 9.44. The van der Waals surface area contributed by atoms with E-state index in [2.05, 4.69) is 15.3 Å². The summed E-state index contributed by atoms with van der Waals surface area (Å²) in [6.07, 6.45) is 3.26. The Labute approximate surface area is 93.3 Å². The number of carbonyl (C=O) groups excluding carboxylic acids is 2. The molecule has 0 saturated carbocycles. The molecule has 6 heteroatoms. The number of nitrogens with zero attached hydrogens (tertiary/aromatic N) is 1. The third-order valence-electron chi connectivity index (χ3n) is 2.12. The molecule has 0 fully saturated rings. The second-order valence-corrected chi connectivity index (χ2v) is 3.35. The van der Waals surface area contributed by atoms with Crippen LogP contribution in [0.3, 0.4) is 0 Å². The van der Waals surface area contributed by atoms with Crippen molar-refractivity contribution in [2.24, 2.45) is 5.10 Å². The number of ether oxygens (including phenoxy) is 2. The van der Waals surface area contributed by atoms with Crippen LogP contribution >= 0.6 is 0 Å². The van der Waals surface area contributed by atoms with Crippen molar-refractivity contribution in [3.8, 4) is 0 Å². The summed E-state index contributed by atoms with van der Waals surface area (Å²) < 4.78 is 9.73. The molecule has 0 aromatic carbocycles. The fourth-order valence-corrected chi connectivity index (χ4v) is 1.22. The molecule has 1 aliphatic rings. The Morgan fingerprint density at radius 3 is 2.81 bits per heavy atom. The van der Waals surface area contributed by atoms with Crippen molar-refractivity contribution in [1.29, 1.82) is 0 Å². The van der Waals surface area contributed by atoms with Gasteiger partial charge in [-0.1, -0.05) is 6.92 Å². The van der Waals surface area contributed by atoms with E-state index in [-0.39, 0.29) is 12.1 Å². The molecular formula is C10H14N2O4. The van der Waals surface area contributed by atoms with Gasteiger partial charge in [-0.15, -0.1) is 0 Å². The molecule has 0 aromatic rings. The minimum atomic E-state index is -1.18.